The summed E-state index contributed by atoms with van der Waals surface area (Å²) < 4.78 is 2.26. The maximum absolute atomic E-state index is 11.4. The van der Waals surface area contributed by atoms with Gasteiger partial charge in [-0.2, -0.15) is 0 Å². The van der Waals surface area contributed by atoms with E-state index in [1.165, 1.54) is 0 Å². The van der Waals surface area contributed by atoms with Crippen LogP contribution in [0.25, 0.3) is 21.9 Å². The van der Waals surface area contributed by atoms with E-state index >= 15 is 0 Å². The van der Waals surface area contributed by atoms with Gasteiger partial charge in [0.1, 0.15) is 11.3 Å². The van der Waals surface area contributed by atoms with Crippen LogP contribution in [0, 0.1) is 5.41 Å². The Bertz CT molecular complexity index is 1320. The number of fused-ring (bicyclic) bond motifs is 3. The van der Waals surface area contributed by atoms with Crippen LogP contribution in [0.4, 0.5) is 10.6 Å². The number of carboxylic acid groups (broad SMARTS) is 1. The van der Waals surface area contributed by atoms with E-state index in [0.717, 1.165) is 58.2 Å². The van der Waals surface area contributed by atoms with Crippen molar-refractivity contribution in [1.29, 1.82) is 0 Å². The van der Waals surface area contributed by atoms with Crippen molar-refractivity contribution in [1.82, 2.24) is 19.9 Å². The molecule has 0 radical (unpaired) electrons. The van der Waals surface area contributed by atoms with Gasteiger partial charge < -0.3 is 20.7 Å². The zero-order valence-corrected chi connectivity index (χ0v) is 20.3. The number of hydrogen-bond acceptors (Lipinski definition) is 4. The van der Waals surface area contributed by atoms with Crippen molar-refractivity contribution in [3.05, 3.63) is 65.5 Å². The van der Waals surface area contributed by atoms with Crippen LogP contribution in [0.3, 0.4) is 0 Å². The molecule has 0 saturated carbocycles. The lowest BCUT2D eigenvalue weighted by Crippen LogP contribution is -2.35. The standard InChI is InChI=1S/C27H33N5O2/c1-5-6-11-21-30-22-23(19-9-7-8-10-20(19)29-25(22)28)32(21)16-17-12-14-18(15-13-17)24(27(2,3)4)31-26(33)34/h7-10,12-15,24,31H,5-6,11,16H2,1-4H3,(H2,28,29)(H,33,34). The molecule has 2 aromatic heterocycles. The highest BCUT2D eigenvalue weighted by molar-refractivity contribution is 6.06. The largest absolute Gasteiger partial charge is 0.465 e. The van der Waals surface area contributed by atoms with E-state index in [4.69, 9.17) is 10.7 Å². The Balaban J connectivity index is 1.77. The van der Waals surface area contributed by atoms with Gasteiger partial charge in [0.2, 0.25) is 0 Å². The number of pyridine rings is 1. The number of rotatable bonds is 7. The summed E-state index contributed by atoms with van der Waals surface area (Å²) in [5.41, 5.74) is 10.7. The fraction of sp³-hybridized carbons (Fsp3) is 0.370. The van der Waals surface area contributed by atoms with Gasteiger partial charge in [0.05, 0.1) is 17.1 Å². The third kappa shape index (κ3) is 4.69. The maximum atomic E-state index is 11.4. The van der Waals surface area contributed by atoms with E-state index in [2.05, 4.69) is 40.0 Å². The Kier molecular flexibility index (Phi) is 6.46. The molecule has 7 heteroatoms. The van der Waals surface area contributed by atoms with Crippen molar-refractivity contribution in [2.75, 3.05) is 5.73 Å². The molecule has 4 N–H and O–H groups in total. The van der Waals surface area contributed by atoms with Crippen LogP contribution in [-0.2, 0) is 13.0 Å². The van der Waals surface area contributed by atoms with E-state index in [1.54, 1.807) is 0 Å². The number of para-hydroxylation sites is 1. The molecule has 0 fully saturated rings. The van der Waals surface area contributed by atoms with Crippen molar-refractivity contribution in [2.45, 2.75) is 59.5 Å². The van der Waals surface area contributed by atoms with Crippen molar-refractivity contribution in [3.8, 4) is 0 Å². The van der Waals surface area contributed by atoms with Gasteiger partial charge in [-0.1, -0.05) is 76.6 Å². The van der Waals surface area contributed by atoms with Gasteiger partial charge in [-0.05, 0) is 29.0 Å². The van der Waals surface area contributed by atoms with Gasteiger partial charge in [0.15, 0.2) is 5.82 Å². The number of aromatic nitrogens is 3. The number of amides is 1. The van der Waals surface area contributed by atoms with Crippen LogP contribution in [0.5, 0.6) is 0 Å². The van der Waals surface area contributed by atoms with Crippen molar-refractivity contribution in [3.63, 3.8) is 0 Å². The summed E-state index contributed by atoms with van der Waals surface area (Å²) in [5, 5.41) is 13.0. The van der Waals surface area contributed by atoms with Gasteiger partial charge >= 0.3 is 6.09 Å². The van der Waals surface area contributed by atoms with Crippen LogP contribution in [-0.4, -0.2) is 25.7 Å². The predicted molar refractivity (Wildman–Crippen MR) is 137 cm³/mol. The number of nitrogens with zero attached hydrogens (tertiary/aromatic N) is 3. The molecule has 0 aliphatic heterocycles. The molecule has 0 aliphatic carbocycles. The number of nitrogens with two attached hydrogens (primary N) is 1. The minimum Gasteiger partial charge on any atom is -0.465 e. The molecule has 1 unspecified atom stereocenters. The third-order valence-corrected chi connectivity index (χ3v) is 6.23. The molecule has 7 nitrogen and oxygen atoms in total. The van der Waals surface area contributed by atoms with Crippen LogP contribution in [0.1, 0.15) is 63.5 Å². The first-order chi connectivity index (χ1) is 16.2. The molecule has 0 aliphatic rings. The molecular formula is C27H33N5O2. The normalized spacial score (nSPS) is 12.8. The van der Waals surface area contributed by atoms with Crippen LogP contribution >= 0.6 is 0 Å². The molecular weight excluding hydrogens is 426 g/mol. The zero-order chi connectivity index (χ0) is 24.5. The molecule has 0 saturated heterocycles. The molecule has 4 rings (SSSR count). The number of nitrogens with one attached hydrogen (secondary N) is 1. The molecule has 0 bridgehead atoms. The predicted octanol–water partition coefficient (Wildman–Crippen LogP) is 5.91. The fourth-order valence-corrected chi connectivity index (χ4v) is 4.52. The van der Waals surface area contributed by atoms with E-state index in [1.807, 2.05) is 51.1 Å². The van der Waals surface area contributed by atoms with Crippen molar-refractivity contribution >= 4 is 33.8 Å². The van der Waals surface area contributed by atoms with Gasteiger partial charge in [-0.15, -0.1) is 0 Å². The van der Waals surface area contributed by atoms with E-state index in [0.29, 0.717) is 12.4 Å². The van der Waals surface area contributed by atoms with Gasteiger partial charge in [-0.3, -0.25) is 0 Å². The topological polar surface area (TPSA) is 106 Å². The lowest BCUT2D eigenvalue weighted by atomic mass is 9.82. The Labute approximate surface area is 200 Å². The average Bonchev–Trinajstić information content (AvgIpc) is 3.15. The summed E-state index contributed by atoms with van der Waals surface area (Å²) in [6, 6.07) is 15.9. The third-order valence-electron chi connectivity index (χ3n) is 6.23. The highest BCUT2D eigenvalue weighted by atomic mass is 16.4. The molecule has 1 amide bonds. The number of anilines is 1. The van der Waals surface area contributed by atoms with Crippen molar-refractivity contribution in [2.24, 2.45) is 5.41 Å². The number of imidazole rings is 1. The second-order valence-electron chi connectivity index (χ2n) is 9.92. The summed E-state index contributed by atoms with van der Waals surface area (Å²) in [6.45, 7) is 8.91. The number of hydrogen-bond donors (Lipinski definition) is 3. The zero-order valence-electron chi connectivity index (χ0n) is 20.3. The summed E-state index contributed by atoms with van der Waals surface area (Å²) in [6.07, 6.45) is 1.97. The van der Waals surface area contributed by atoms with Crippen LogP contribution in [0.15, 0.2) is 48.5 Å². The number of unbranched alkanes of at least 4 members (excludes halogenated alkanes) is 1. The Hall–Kier alpha value is -3.61. The Morgan fingerprint density at radius 3 is 2.47 bits per heavy atom. The first kappa shape index (κ1) is 23.5. The molecule has 2 aromatic carbocycles. The summed E-state index contributed by atoms with van der Waals surface area (Å²) in [4.78, 5) is 20.8. The molecule has 0 spiro atoms. The molecule has 1 atom stereocenters. The number of nitrogen functional groups attached to an aromatic ring is 1. The lowest BCUT2D eigenvalue weighted by Gasteiger charge is -2.31. The summed E-state index contributed by atoms with van der Waals surface area (Å²) >= 11 is 0. The van der Waals surface area contributed by atoms with Gasteiger partial charge in [0, 0.05) is 18.4 Å². The SMILES string of the molecule is CCCCc1nc2c(N)nc3ccccc3c2n1Cc1ccc(C(NC(=O)O)C(C)(C)C)cc1. The fourth-order valence-electron chi connectivity index (χ4n) is 4.52. The van der Waals surface area contributed by atoms with E-state index in [-0.39, 0.29) is 11.5 Å². The highest BCUT2D eigenvalue weighted by Crippen LogP contribution is 2.34. The Morgan fingerprint density at radius 2 is 1.82 bits per heavy atom. The number of aryl methyl sites for hydroxylation is 1. The highest BCUT2D eigenvalue weighted by Gasteiger charge is 2.28. The second kappa shape index (κ2) is 9.33. The second-order valence-corrected chi connectivity index (χ2v) is 9.92. The number of carbonyl (C=O) groups is 1. The first-order valence-electron chi connectivity index (χ1n) is 11.8. The number of benzene rings is 2. The van der Waals surface area contributed by atoms with Gasteiger partial charge in [0.25, 0.3) is 0 Å². The summed E-state index contributed by atoms with van der Waals surface area (Å²) in [7, 11) is 0. The minimum absolute atomic E-state index is 0.253. The quantitative estimate of drug-likeness (QED) is 0.318. The van der Waals surface area contributed by atoms with E-state index in [9.17, 15) is 9.90 Å². The maximum Gasteiger partial charge on any atom is 0.405 e. The van der Waals surface area contributed by atoms with Crippen molar-refractivity contribution < 1.29 is 9.90 Å². The monoisotopic (exact) mass is 459 g/mol. The Morgan fingerprint density at radius 1 is 1.12 bits per heavy atom. The van der Waals surface area contributed by atoms with E-state index < -0.39 is 6.09 Å². The molecule has 34 heavy (non-hydrogen) atoms. The molecule has 178 valence electrons. The van der Waals surface area contributed by atoms with Crippen LogP contribution < -0.4 is 11.1 Å². The van der Waals surface area contributed by atoms with Gasteiger partial charge in [-0.25, -0.2) is 14.8 Å². The molecule has 2 heterocycles. The molecule has 4 aromatic rings. The average molecular weight is 460 g/mol. The minimum atomic E-state index is -1.02. The smallest absolute Gasteiger partial charge is 0.405 e. The summed E-state index contributed by atoms with van der Waals surface area (Å²) in [5.74, 6) is 1.46. The van der Waals surface area contributed by atoms with Crippen LogP contribution in [0.2, 0.25) is 0 Å². The lowest BCUT2D eigenvalue weighted by molar-refractivity contribution is 0.175. The first-order valence-corrected chi connectivity index (χ1v) is 11.8.